The van der Waals surface area contributed by atoms with Crippen molar-refractivity contribution in [1.29, 1.82) is 0 Å². The van der Waals surface area contributed by atoms with E-state index in [1.54, 1.807) is 6.08 Å². The Morgan fingerprint density at radius 3 is 1.09 bits per heavy atom. The van der Waals surface area contributed by atoms with Crippen LogP contribution < -0.4 is 0 Å². The molecule has 5 nitrogen and oxygen atoms in total. The Hall–Kier alpha value is -1.62. The first-order valence-corrected chi connectivity index (χ1v) is 23.5. The molecule has 0 aromatic rings. The van der Waals surface area contributed by atoms with Crippen molar-refractivity contribution in [3.8, 4) is 0 Å². The molecule has 53 heavy (non-hydrogen) atoms. The number of ether oxygens (including phenoxy) is 1. The van der Waals surface area contributed by atoms with E-state index in [1.165, 1.54) is 212 Å². The lowest BCUT2D eigenvalue weighted by atomic mass is 10.0. The first-order valence-electron chi connectivity index (χ1n) is 23.5. The van der Waals surface area contributed by atoms with Gasteiger partial charge in [0.25, 0.3) is 0 Å². The fourth-order valence-electron chi connectivity index (χ4n) is 7.23. The summed E-state index contributed by atoms with van der Waals surface area (Å²) in [5.41, 5.74) is 0. The van der Waals surface area contributed by atoms with Crippen molar-refractivity contribution in [2.24, 2.45) is 0 Å². The number of carbonyl (C=O) groups excluding carboxylic acids is 1. The van der Waals surface area contributed by atoms with Gasteiger partial charge in [0.05, 0.1) is 6.61 Å². The molecule has 0 aromatic carbocycles. The third-order valence-corrected chi connectivity index (χ3v) is 10.8. The average molecular weight is 747 g/mol. The second-order valence-corrected chi connectivity index (χ2v) is 16.1. The summed E-state index contributed by atoms with van der Waals surface area (Å²) in [5.74, 6) is -1.27. The molecular formula is C48H90O5. The minimum absolute atomic E-state index is 0.425. The molecule has 0 spiro atoms. The van der Waals surface area contributed by atoms with Crippen molar-refractivity contribution in [3.05, 3.63) is 24.3 Å². The van der Waals surface area contributed by atoms with E-state index in [4.69, 9.17) is 9.84 Å². The van der Waals surface area contributed by atoms with E-state index < -0.39 is 18.0 Å². The molecule has 0 aromatic heterocycles. The Kier molecular flexibility index (Phi) is 43.4. The van der Waals surface area contributed by atoms with Gasteiger partial charge in [-0.2, -0.15) is 0 Å². The Morgan fingerprint density at radius 2 is 0.736 bits per heavy atom. The predicted molar refractivity (Wildman–Crippen MR) is 229 cm³/mol. The van der Waals surface area contributed by atoms with E-state index in [-0.39, 0.29) is 0 Å². The van der Waals surface area contributed by atoms with Crippen molar-refractivity contribution in [1.82, 2.24) is 0 Å². The number of carboxylic acids is 1. The van der Waals surface area contributed by atoms with Crippen molar-refractivity contribution in [2.45, 2.75) is 263 Å². The highest BCUT2D eigenvalue weighted by molar-refractivity contribution is 5.79. The van der Waals surface area contributed by atoms with E-state index in [9.17, 15) is 14.7 Å². The second-order valence-electron chi connectivity index (χ2n) is 16.1. The SMILES string of the molecule is CCCCCCCCC=CCCCCCCCCCCCCC(O)C(=O)OCCCCCCCCCCCCCCCCCCCCCC=CC(=O)O. The zero-order valence-electron chi connectivity index (χ0n) is 35.3. The second kappa shape index (κ2) is 44.8. The molecule has 0 aliphatic rings. The molecule has 0 radical (unpaired) electrons. The Balaban J connectivity index is 3.28. The summed E-state index contributed by atoms with van der Waals surface area (Å²) in [7, 11) is 0. The van der Waals surface area contributed by atoms with Crippen LogP contribution in [-0.2, 0) is 14.3 Å². The molecule has 0 bridgehead atoms. The molecule has 0 fully saturated rings. The first kappa shape index (κ1) is 51.4. The van der Waals surface area contributed by atoms with Crippen LogP contribution in [0.5, 0.6) is 0 Å². The van der Waals surface area contributed by atoms with Gasteiger partial charge in [0.1, 0.15) is 0 Å². The molecule has 312 valence electrons. The van der Waals surface area contributed by atoms with Gasteiger partial charge in [-0.1, -0.05) is 224 Å². The zero-order chi connectivity index (χ0) is 38.6. The normalized spacial score (nSPS) is 12.3. The highest BCUT2D eigenvalue weighted by atomic mass is 16.5. The summed E-state index contributed by atoms with van der Waals surface area (Å²) in [5, 5.41) is 18.7. The summed E-state index contributed by atoms with van der Waals surface area (Å²) < 4.78 is 5.34. The van der Waals surface area contributed by atoms with Gasteiger partial charge in [-0.25, -0.2) is 9.59 Å². The smallest absolute Gasteiger partial charge is 0.334 e. The Labute approximate surface area is 330 Å². The quantitative estimate of drug-likeness (QED) is 0.0281. The van der Waals surface area contributed by atoms with Crippen molar-refractivity contribution < 1.29 is 24.5 Å². The maximum Gasteiger partial charge on any atom is 0.334 e. The number of hydrogen-bond donors (Lipinski definition) is 2. The number of aliphatic carboxylic acids is 1. The van der Waals surface area contributed by atoms with Crippen LogP contribution in [0.15, 0.2) is 24.3 Å². The van der Waals surface area contributed by atoms with Crippen LogP contribution in [0.1, 0.15) is 257 Å². The molecular weight excluding hydrogens is 657 g/mol. The van der Waals surface area contributed by atoms with Gasteiger partial charge in [0.2, 0.25) is 0 Å². The molecule has 0 heterocycles. The standard InChI is InChI=1S/C48H90O5/c1-2-3-4-5-6-7-8-9-10-11-12-16-19-22-25-28-31-34-37-40-43-46(49)48(52)53-45-42-39-36-33-30-27-24-21-18-15-13-14-17-20-23-26-29-32-35-38-41-44-47(50)51/h9-10,41,44,46,49H,2-8,11-40,42-43,45H2,1H3,(H,50,51). The number of aliphatic hydroxyl groups is 1. The molecule has 0 amide bonds. The molecule has 1 atom stereocenters. The van der Waals surface area contributed by atoms with Gasteiger partial charge in [-0.3, -0.25) is 0 Å². The summed E-state index contributed by atoms with van der Waals surface area (Å²) in [6, 6.07) is 0. The summed E-state index contributed by atoms with van der Waals surface area (Å²) in [4.78, 5) is 22.5. The number of hydrogen-bond acceptors (Lipinski definition) is 4. The van der Waals surface area contributed by atoms with E-state index in [1.807, 2.05) is 0 Å². The highest BCUT2D eigenvalue weighted by Gasteiger charge is 2.15. The molecule has 2 N–H and O–H groups in total. The number of rotatable bonds is 44. The highest BCUT2D eigenvalue weighted by Crippen LogP contribution is 2.16. The average Bonchev–Trinajstić information content (AvgIpc) is 3.15. The van der Waals surface area contributed by atoms with Crippen LogP contribution in [0.4, 0.5) is 0 Å². The lowest BCUT2D eigenvalue weighted by molar-refractivity contribution is -0.154. The molecule has 0 aliphatic heterocycles. The summed E-state index contributed by atoms with van der Waals surface area (Å²) >= 11 is 0. The van der Waals surface area contributed by atoms with E-state index in [2.05, 4.69) is 19.1 Å². The van der Waals surface area contributed by atoms with E-state index >= 15 is 0 Å². The third kappa shape index (κ3) is 44.7. The maximum atomic E-state index is 12.1. The first-order chi connectivity index (χ1) is 26.1. The van der Waals surface area contributed by atoms with Crippen molar-refractivity contribution in [3.63, 3.8) is 0 Å². The van der Waals surface area contributed by atoms with Gasteiger partial charge in [-0.05, 0) is 51.4 Å². The summed E-state index contributed by atoms with van der Waals surface area (Å²) in [6.07, 6.45) is 56.1. The monoisotopic (exact) mass is 747 g/mol. The van der Waals surface area contributed by atoms with Crippen LogP contribution in [0, 0.1) is 0 Å². The van der Waals surface area contributed by atoms with Gasteiger partial charge in [-0.15, -0.1) is 0 Å². The molecule has 0 saturated carbocycles. The molecule has 0 rings (SSSR count). The van der Waals surface area contributed by atoms with Gasteiger partial charge in [0.15, 0.2) is 6.10 Å². The molecule has 5 heteroatoms. The van der Waals surface area contributed by atoms with Crippen LogP contribution >= 0.6 is 0 Å². The number of aliphatic hydroxyl groups excluding tert-OH is 1. The maximum absolute atomic E-state index is 12.1. The topological polar surface area (TPSA) is 83.8 Å². The van der Waals surface area contributed by atoms with Crippen LogP contribution in [0.2, 0.25) is 0 Å². The fourth-order valence-corrected chi connectivity index (χ4v) is 7.23. The van der Waals surface area contributed by atoms with E-state index in [0.29, 0.717) is 13.0 Å². The van der Waals surface area contributed by atoms with Crippen molar-refractivity contribution >= 4 is 11.9 Å². The largest absolute Gasteiger partial charge is 0.478 e. The summed E-state index contributed by atoms with van der Waals surface area (Å²) in [6.45, 7) is 2.72. The van der Waals surface area contributed by atoms with Crippen LogP contribution in [0.25, 0.3) is 0 Å². The molecule has 0 saturated heterocycles. The van der Waals surface area contributed by atoms with Gasteiger partial charge >= 0.3 is 11.9 Å². The van der Waals surface area contributed by atoms with E-state index in [0.717, 1.165) is 38.5 Å². The van der Waals surface area contributed by atoms with Crippen LogP contribution in [0.3, 0.4) is 0 Å². The van der Waals surface area contributed by atoms with Gasteiger partial charge in [0, 0.05) is 6.08 Å². The predicted octanol–water partition coefficient (Wildman–Crippen LogP) is 15.3. The third-order valence-electron chi connectivity index (χ3n) is 10.8. The lowest BCUT2D eigenvalue weighted by Crippen LogP contribution is -2.23. The molecule has 0 aliphatic carbocycles. The van der Waals surface area contributed by atoms with Crippen LogP contribution in [-0.4, -0.2) is 34.9 Å². The lowest BCUT2D eigenvalue weighted by Gasteiger charge is -2.10. The Bertz CT molecular complexity index is 806. The number of carbonyl (C=O) groups is 2. The van der Waals surface area contributed by atoms with Crippen molar-refractivity contribution in [2.75, 3.05) is 6.61 Å². The number of esters is 1. The minimum atomic E-state index is -0.949. The Morgan fingerprint density at radius 1 is 0.434 bits per heavy atom. The number of unbranched alkanes of at least 4 members (excludes halogenated alkanes) is 35. The zero-order valence-corrected chi connectivity index (χ0v) is 35.3. The minimum Gasteiger partial charge on any atom is -0.478 e. The van der Waals surface area contributed by atoms with Gasteiger partial charge < -0.3 is 14.9 Å². The fraction of sp³-hybridized carbons (Fsp3) is 0.875. The molecule has 1 unspecified atom stereocenters. The number of carboxylic acid groups (broad SMARTS) is 1. The number of allylic oxidation sites excluding steroid dienone is 3.